The molecule has 1 aromatic heterocycles. The highest BCUT2D eigenvalue weighted by Gasteiger charge is 2.41. The van der Waals surface area contributed by atoms with Gasteiger partial charge < -0.3 is 19.5 Å². The van der Waals surface area contributed by atoms with Gasteiger partial charge in [0.15, 0.2) is 0 Å². The van der Waals surface area contributed by atoms with Crippen molar-refractivity contribution in [3.63, 3.8) is 0 Å². The molecule has 0 bridgehead atoms. The Kier molecular flexibility index (Phi) is 5.87. The number of imide groups is 1. The second kappa shape index (κ2) is 8.76. The number of anilines is 2. The van der Waals surface area contributed by atoms with E-state index in [0.29, 0.717) is 39.1 Å². The third kappa shape index (κ3) is 3.80. The molecule has 3 aromatic rings. The summed E-state index contributed by atoms with van der Waals surface area (Å²) in [5.74, 6) is 0.605. The predicted molar refractivity (Wildman–Crippen MR) is 125 cm³/mol. The summed E-state index contributed by atoms with van der Waals surface area (Å²) in [5, 5.41) is 5.03. The van der Waals surface area contributed by atoms with E-state index in [1.807, 2.05) is 42.6 Å². The van der Waals surface area contributed by atoms with Gasteiger partial charge in [0, 0.05) is 23.1 Å². The third-order valence-electron chi connectivity index (χ3n) is 5.06. The molecule has 0 unspecified atom stereocenters. The minimum atomic E-state index is -0.475. The lowest BCUT2D eigenvalue weighted by molar-refractivity contribution is -0.120. The second-order valence-electron chi connectivity index (χ2n) is 7.07. The number of thiophene rings is 1. The molecule has 1 N–H and O–H groups in total. The fraction of sp³-hybridized carbons (Fsp3) is 0.167. The van der Waals surface area contributed by atoms with Gasteiger partial charge in [0.05, 0.1) is 38.3 Å². The van der Waals surface area contributed by atoms with E-state index < -0.39 is 11.8 Å². The molecule has 2 aromatic carbocycles. The molecule has 0 radical (unpaired) electrons. The van der Waals surface area contributed by atoms with E-state index in [-0.39, 0.29) is 5.70 Å². The number of benzene rings is 2. The Morgan fingerprint density at radius 3 is 2.19 bits per heavy atom. The van der Waals surface area contributed by atoms with Crippen LogP contribution < -0.4 is 24.4 Å². The molecule has 7 nitrogen and oxygen atoms in total. The molecule has 2 amide bonds. The number of amides is 2. The lowest BCUT2D eigenvalue weighted by Gasteiger charge is -2.18. The van der Waals surface area contributed by atoms with Crippen LogP contribution in [-0.2, 0) is 9.59 Å². The summed E-state index contributed by atoms with van der Waals surface area (Å²) in [6, 6.07) is 14.2. The van der Waals surface area contributed by atoms with Gasteiger partial charge in [-0.25, -0.2) is 4.90 Å². The van der Waals surface area contributed by atoms with E-state index >= 15 is 0 Å². The number of hydrogen-bond acceptors (Lipinski definition) is 7. The molecule has 164 valence electrons. The first kappa shape index (κ1) is 21.5. The molecule has 0 saturated heterocycles. The Balaban J connectivity index is 1.83. The molecule has 8 heteroatoms. The SMILES string of the molecule is COc1cc(OC)cc(N2C(=O)C(Nc3cc(C)ccc3OC)=C(c3cccs3)C2=O)c1. The summed E-state index contributed by atoms with van der Waals surface area (Å²) in [4.78, 5) is 28.9. The zero-order valence-electron chi connectivity index (χ0n) is 18.1. The Morgan fingerprint density at radius 2 is 1.59 bits per heavy atom. The quantitative estimate of drug-likeness (QED) is 0.535. The number of aryl methyl sites for hydroxylation is 1. The highest BCUT2D eigenvalue weighted by Crippen LogP contribution is 2.39. The highest BCUT2D eigenvalue weighted by atomic mass is 32.1. The van der Waals surface area contributed by atoms with Crippen molar-refractivity contribution in [1.82, 2.24) is 0 Å². The van der Waals surface area contributed by atoms with Crippen LogP contribution in [0.1, 0.15) is 10.4 Å². The van der Waals surface area contributed by atoms with Gasteiger partial charge in [0.1, 0.15) is 22.9 Å². The number of carbonyl (C=O) groups excluding carboxylic acids is 2. The zero-order chi connectivity index (χ0) is 22.8. The summed E-state index contributed by atoms with van der Waals surface area (Å²) in [7, 11) is 4.58. The summed E-state index contributed by atoms with van der Waals surface area (Å²) in [6.45, 7) is 1.94. The van der Waals surface area contributed by atoms with Crippen LogP contribution in [0.3, 0.4) is 0 Å². The zero-order valence-corrected chi connectivity index (χ0v) is 18.9. The molecule has 1 aliphatic heterocycles. The van der Waals surface area contributed by atoms with Gasteiger partial charge in [0.25, 0.3) is 11.8 Å². The lowest BCUT2D eigenvalue weighted by atomic mass is 10.1. The molecule has 32 heavy (non-hydrogen) atoms. The van der Waals surface area contributed by atoms with E-state index in [0.717, 1.165) is 10.5 Å². The van der Waals surface area contributed by atoms with Crippen LogP contribution in [0.4, 0.5) is 11.4 Å². The number of hydrogen-bond donors (Lipinski definition) is 1. The van der Waals surface area contributed by atoms with Gasteiger partial charge in [-0.3, -0.25) is 9.59 Å². The van der Waals surface area contributed by atoms with E-state index in [9.17, 15) is 9.59 Å². The van der Waals surface area contributed by atoms with Crippen LogP contribution in [0.25, 0.3) is 5.57 Å². The Labute approximate surface area is 189 Å². The topological polar surface area (TPSA) is 77.1 Å². The first-order valence-corrected chi connectivity index (χ1v) is 10.7. The Hall–Kier alpha value is -3.78. The summed E-state index contributed by atoms with van der Waals surface area (Å²) < 4.78 is 16.1. The molecular formula is C24H22N2O5S. The first-order valence-electron chi connectivity index (χ1n) is 9.78. The number of ether oxygens (including phenoxy) is 3. The van der Waals surface area contributed by atoms with Gasteiger partial charge in [-0.05, 0) is 36.1 Å². The fourth-order valence-corrected chi connectivity index (χ4v) is 4.27. The van der Waals surface area contributed by atoms with Gasteiger partial charge in [-0.15, -0.1) is 11.3 Å². The molecule has 0 aliphatic carbocycles. The van der Waals surface area contributed by atoms with Crippen molar-refractivity contribution >= 4 is 40.1 Å². The highest BCUT2D eigenvalue weighted by molar-refractivity contribution is 7.11. The first-order chi connectivity index (χ1) is 15.5. The van der Waals surface area contributed by atoms with Crippen molar-refractivity contribution < 1.29 is 23.8 Å². The number of carbonyl (C=O) groups is 2. The molecule has 0 saturated carbocycles. The molecular weight excluding hydrogens is 428 g/mol. The maximum absolute atomic E-state index is 13.6. The minimum absolute atomic E-state index is 0.183. The van der Waals surface area contributed by atoms with Crippen molar-refractivity contribution in [3.05, 3.63) is 70.0 Å². The largest absolute Gasteiger partial charge is 0.497 e. The van der Waals surface area contributed by atoms with Crippen LogP contribution in [0.2, 0.25) is 0 Å². The van der Waals surface area contributed by atoms with Crippen molar-refractivity contribution in [2.24, 2.45) is 0 Å². The predicted octanol–water partition coefficient (Wildman–Crippen LogP) is 4.48. The van der Waals surface area contributed by atoms with Gasteiger partial charge in [-0.2, -0.15) is 0 Å². The van der Waals surface area contributed by atoms with Gasteiger partial charge >= 0.3 is 0 Å². The van der Waals surface area contributed by atoms with Gasteiger partial charge in [0.2, 0.25) is 0 Å². The van der Waals surface area contributed by atoms with Crippen LogP contribution in [0.15, 0.2) is 59.6 Å². The minimum Gasteiger partial charge on any atom is -0.497 e. The average molecular weight is 451 g/mol. The number of nitrogens with one attached hydrogen (secondary N) is 1. The van der Waals surface area contributed by atoms with Crippen molar-refractivity contribution in [2.75, 3.05) is 31.5 Å². The summed E-state index contributed by atoms with van der Waals surface area (Å²) in [5.41, 5.74) is 2.43. The van der Waals surface area contributed by atoms with Crippen molar-refractivity contribution in [1.29, 1.82) is 0 Å². The van der Waals surface area contributed by atoms with E-state index in [4.69, 9.17) is 14.2 Å². The van der Waals surface area contributed by atoms with Crippen LogP contribution in [0.5, 0.6) is 17.2 Å². The molecule has 0 atom stereocenters. The van der Waals surface area contributed by atoms with Crippen LogP contribution >= 0.6 is 11.3 Å². The standard InChI is InChI=1S/C24H22N2O5S/c1-14-7-8-19(31-4)18(10-14)25-22-21(20-6-5-9-32-20)23(27)26(24(22)28)15-11-16(29-2)13-17(12-15)30-3/h5-13,25H,1-4H3. The fourth-order valence-electron chi connectivity index (χ4n) is 3.51. The van der Waals surface area contributed by atoms with E-state index in [1.165, 1.54) is 25.6 Å². The Morgan fingerprint density at radius 1 is 0.875 bits per heavy atom. The second-order valence-corrected chi connectivity index (χ2v) is 8.02. The lowest BCUT2D eigenvalue weighted by Crippen LogP contribution is -2.32. The maximum atomic E-state index is 13.6. The normalized spacial score (nSPS) is 13.6. The van der Waals surface area contributed by atoms with E-state index in [1.54, 1.807) is 25.3 Å². The molecule has 2 heterocycles. The number of methoxy groups -OCH3 is 3. The third-order valence-corrected chi connectivity index (χ3v) is 5.95. The monoisotopic (exact) mass is 450 g/mol. The Bertz CT molecular complexity index is 1190. The number of rotatable bonds is 7. The molecule has 1 aliphatic rings. The van der Waals surface area contributed by atoms with E-state index in [2.05, 4.69) is 5.32 Å². The molecule has 0 spiro atoms. The van der Waals surface area contributed by atoms with Crippen LogP contribution in [0, 0.1) is 6.92 Å². The maximum Gasteiger partial charge on any atom is 0.282 e. The van der Waals surface area contributed by atoms with Crippen LogP contribution in [-0.4, -0.2) is 33.1 Å². The van der Waals surface area contributed by atoms with Crippen molar-refractivity contribution in [3.8, 4) is 17.2 Å². The average Bonchev–Trinajstić information content (AvgIpc) is 3.40. The molecule has 0 fully saturated rings. The number of nitrogens with zero attached hydrogens (tertiary/aromatic N) is 1. The molecule has 4 rings (SSSR count). The summed E-state index contributed by atoms with van der Waals surface area (Å²) in [6.07, 6.45) is 0. The summed E-state index contributed by atoms with van der Waals surface area (Å²) >= 11 is 1.39. The van der Waals surface area contributed by atoms with Crippen molar-refractivity contribution in [2.45, 2.75) is 6.92 Å². The van der Waals surface area contributed by atoms with Gasteiger partial charge in [-0.1, -0.05) is 12.1 Å². The smallest absolute Gasteiger partial charge is 0.282 e.